The Bertz CT molecular complexity index is 1390. The summed E-state index contributed by atoms with van der Waals surface area (Å²) in [4.78, 5) is 8.90. The molecule has 5 rings (SSSR count). The molecule has 2 N–H and O–H groups in total. The zero-order valence-corrected chi connectivity index (χ0v) is 21.3. The summed E-state index contributed by atoms with van der Waals surface area (Å²) in [7, 11) is -0.725. The number of aryl methyl sites for hydroxylation is 1. The molecule has 2 aromatic carbocycles. The standard InChI is InChI=1S/C26H31FN4O4S/c1-16-24-21(14-22(25(16)34-2)31-36(33)11-3-4-12-36)28-15-29-26(24)30-20-10-5-17(27)13-23(20)35-19-8-6-18(32)7-9-19/h5,10,13-15,18-19,32H,3-4,6-9,11-12H2,1-2H3,(H,28,29,30). The van der Waals surface area contributed by atoms with Crippen LogP contribution in [0.4, 0.5) is 21.6 Å². The number of fused-ring (bicyclic) bond motifs is 1. The Balaban J connectivity index is 1.53. The molecule has 2 heterocycles. The minimum absolute atomic E-state index is 0.0959. The molecule has 8 nitrogen and oxygen atoms in total. The largest absolute Gasteiger partial charge is 0.494 e. The topological polar surface area (TPSA) is 106 Å². The summed E-state index contributed by atoms with van der Waals surface area (Å²) < 4.78 is 43.7. The molecule has 10 heteroatoms. The SMILES string of the molecule is COc1c(N=S2(=O)CCCC2)cc2ncnc(Nc3ccc(F)cc3OC3CCC(O)CC3)c2c1C. The van der Waals surface area contributed by atoms with E-state index in [1.165, 1.54) is 18.5 Å². The summed E-state index contributed by atoms with van der Waals surface area (Å²) in [6, 6.07) is 6.14. The number of aliphatic hydroxyl groups is 1. The highest BCUT2D eigenvalue weighted by Crippen LogP contribution is 2.41. The molecule has 3 aromatic rings. The molecule has 1 saturated heterocycles. The number of hydrogen-bond acceptors (Lipinski definition) is 8. The van der Waals surface area contributed by atoms with E-state index in [9.17, 15) is 13.7 Å². The first kappa shape index (κ1) is 24.7. The fourth-order valence-electron chi connectivity index (χ4n) is 4.99. The van der Waals surface area contributed by atoms with E-state index < -0.39 is 15.5 Å². The van der Waals surface area contributed by atoms with Gasteiger partial charge in [0.25, 0.3) is 0 Å². The number of benzene rings is 2. The summed E-state index contributed by atoms with van der Waals surface area (Å²) in [6.45, 7) is 1.89. The van der Waals surface area contributed by atoms with E-state index >= 15 is 0 Å². The number of ether oxygens (including phenoxy) is 2. The quantitative estimate of drug-likeness (QED) is 0.453. The number of halogens is 1. The maximum atomic E-state index is 14.1. The van der Waals surface area contributed by atoms with Crippen LogP contribution < -0.4 is 14.8 Å². The average molecular weight is 515 g/mol. The highest BCUT2D eigenvalue weighted by Gasteiger charge is 2.23. The van der Waals surface area contributed by atoms with Crippen molar-refractivity contribution in [3.05, 3.63) is 42.0 Å². The lowest BCUT2D eigenvalue weighted by Crippen LogP contribution is -2.26. The fourth-order valence-corrected chi connectivity index (χ4v) is 7.19. The molecule has 0 spiro atoms. The van der Waals surface area contributed by atoms with E-state index in [1.54, 1.807) is 19.2 Å². The molecule has 1 saturated carbocycles. The number of nitrogens with zero attached hydrogens (tertiary/aromatic N) is 3. The van der Waals surface area contributed by atoms with Gasteiger partial charge < -0.3 is 19.9 Å². The normalized spacial score (nSPS) is 21.3. The second kappa shape index (κ2) is 10.2. The molecule has 2 fully saturated rings. The van der Waals surface area contributed by atoms with Gasteiger partial charge in [0, 0.05) is 28.5 Å². The lowest BCUT2D eigenvalue weighted by molar-refractivity contribution is 0.0668. The molecule has 192 valence electrons. The van der Waals surface area contributed by atoms with E-state index in [0.29, 0.717) is 71.4 Å². The van der Waals surface area contributed by atoms with Crippen LogP contribution in [0, 0.1) is 12.7 Å². The second-order valence-corrected chi connectivity index (χ2v) is 12.0. The van der Waals surface area contributed by atoms with Crippen molar-refractivity contribution in [2.24, 2.45) is 4.36 Å². The van der Waals surface area contributed by atoms with Gasteiger partial charge in [-0.05, 0) is 63.6 Å². The van der Waals surface area contributed by atoms with Gasteiger partial charge in [0.05, 0.1) is 40.3 Å². The number of rotatable bonds is 6. The molecule has 1 aliphatic carbocycles. The highest BCUT2D eigenvalue weighted by atomic mass is 32.2. The maximum Gasteiger partial charge on any atom is 0.149 e. The molecule has 0 unspecified atom stereocenters. The lowest BCUT2D eigenvalue weighted by Gasteiger charge is -2.27. The first-order valence-electron chi connectivity index (χ1n) is 12.3. The van der Waals surface area contributed by atoms with Crippen LogP contribution >= 0.6 is 0 Å². The number of anilines is 2. The van der Waals surface area contributed by atoms with Crippen LogP contribution in [0.5, 0.6) is 11.5 Å². The van der Waals surface area contributed by atoms with Crippen LogP contribution in [0.1, 0.15) is 44.1 Å². The monoisotopic (exact) mass is 514 g/mol. The molecule has 36 heavy (non-hydrogen) atoms. The van der Waals surface area contributed by atoms with Gasteiger partial charge >= 0.3 is 0 Å². The molecule has 0 amide bonds. The first-order valence-corrected chi connectivity index (χ1v) is 14.2. The number of nitrogens with one attached hydrogen (secondary N) is 1. The van der Waals surface area contributed by atoms with Gasteiger partial charge in [-0.1, -0.05) is 0 Å². The fraction of sp³-hybridized carbons (Fsp3) is 0.462. The van der Waals surface area contributed by atoms with Gasteiger partial charge in [0.1, 0.15) is 35.1 Å². The van der Waals surface area contributed by atoms with Crippen molar-refractivity contribution in [2.45, 2.75) is 57.7 Å². The van der Waals surface area contributed by atoms with Crippen LogP contribution in [-0.2, 0) is 9.73 Å². The Labute approximate surface area is 210 Å². The summed E-state index contributed by atoms with van der Waals surface area (Å²) in [5, 5.41) is 13.8. The summed E-state index contributed by atoms with van der Waals surface area (Å²) in [6.07, 6.45) is 5.62. The van der Waals surface area contributed by atoms with Crippen molar-refractivity contribution < 1.29 is 23.2 Å². The van der Waals surface area contributed by atoms with Crippen molar-refractivity contribution in [3.63, 3.8) is 0 Å². The zero-order chi connectivity index (χ0) is 25.3. The predicted molar refractivity (Wildman–Crippen MR) is 139 cm³/mol. The molecule has 2 aliphatic rings. The van der Waals surface area contributed by atoms with Crippen LogP contribution in [0.25, 0.3) is 10.9 Å². The molecule has 0 radical (unpaired) electrons. The predicted octanol–water partition coefficient (Wildman–Crippen LogP) is 5.41. The molecule has 1 aromatic heterocycles. The van der Waals surface area contributed by atoms with E-state index in [0.717, 1.165) is 23.8 Å². The number of aliphatic hydroxyl groups excluding tert-OH is 1. The smallest absolute Gasteiger partial charge is 0.149 e. The minimum Gasteiger partial charge on any atom is -0.494 e. The maximum absolute atomic E-state index is 14.1. The lowest BCUT2D eigenvalue weighted by atomic mass is 9.95. The van der Waals surface area contributed by atoms with E-state index in [-0.39, 0.29) is 12.2 Å². The molecule has 1 aliphatic heterocycles. The molecule has 0 atom stereocenters. The summed E-state index contributed by atoms with van der Waals surface area (Å²) >= 11 is 0. The number of methoxy groups -OCH3 is 1. The Hall–Kier alpha value is -2.98. The number of aromatic nitrogens is 2. The highest BCUT2D eigenvalue weighted by molar-refractivity contribution is 7.93. The average Bonchev–Trinajstić information content (AvgIpc) is 3.28. The van der Waals surface area contributed by atoms with Gasteiger partial charge in [-0.25, -0.2) is 18.6 Å². The van der Waals surface area contributed by atoms with E-state index in [4.69, 9.17) is 9.47 Å². The van der Waals surface area contributed by atoms with Gasteiger partial charge in [-0.3, -0.25) is 0 Å². The Morgan fingerprint density at radius 2 is 1.89 bits per heavy atom. The van der Waals surface area contributed by atoms with Gasteiger partial charge in [0.15, 0.2) is 0 Å². The van der Waals surface area contributed by atoms with Crippen molar-refractivity contribution in [1.29, 1.82) is 0 Å². The molecular weight excluding hydrogens is 483 g/mol. The van der Waals surface area contributed by atoms with Crippen molar-refractivity contribution in [1.82, 2.24) is 9.97 Å². The Morgan fingerprint density at radius 1 is 1.14 bits per heavy atom. The zero-order valence-electron chi connectivity index (χ0n) is 20.5. The minimum atomic E-state index is -2.29. The number of hydrogen-bond donors (Lipinski definition) is 2. The van der Waals surface area contributed by atoms with Crippen LogP contribution in [-0.4, -0.2) is 50.1 Å². The third-order valence-corrected chi connectivity index (χ3v) is 9.26. The Morgan fingerprint density at radius 3 is 2.61 bits per heavy atom. The summed E-state index contributed by atoms with van der Waals surface area (Å²) in [5.74, 6) is 2.23. The molecular formula is C26H31FN4O4S. The molecule has 0 bridgehead atoms. The van der Waals surface area contributed by atoms with E-state index in [1.807, 2.05) is 6.92 Å². The van der Waals surface area contributed by atoms with Crippen molar-refractivity contribution in [2.75, 3.05) is 23.9 Å². The third kappa shape index (κ3) is 5.10. The van der Waals surface area contributed by atoms with Crippen LogP contribution in [0.15, 0.2) is 35.0 Å². The van der Waals surface area contributed by atoms with Crippen LogP contribution in [0.3, 0.4) is 0 Å². The van der Waals surface area contributed by atoms with E-state index in [2.05, 4.69) is 19.6 Å². The first-order chi connectivity index (χ1) is 17.3. The van der Waals surface area contributed by atoms with Crippen molar-refractivity contribution >= 4 is 37.8 Å². The van der Waals surface area contributed by atoms with Gasteiger partial charge in [0.2, 0.25) is 0 Å². The van der Waals surface area contributed by atoms with Gasteiger partial charge in [-0.15, -0.1) is 0 Å². The Kier molecular flexibility index (Phi) is 6.98. The summed E-state index contributed by atoms with van der Waals surface area (Å²) in [5.41, 5.74) is 2.51. The second-order valence-electron chi connectivity index (χ2n) is 9.46. The van der Waals surface area contributed by atoms with Crippen molar-refractivity contribution in [3.8, 4) is 11.5 Å². The third-order valence-electron chi connectivity index (χ3n) is 6.88. The van der Waals surface area contributed by atoms with Crippen LogP contribution in [0.2, 0.25) is 0 Å². The van der Waals surface area contributed by atoms with Gasteiger partial charge in [-0.2, -0.15) is 4.36 Å².